The van der Waals surface area contributed by atoms with Crippen LogP contribution < -0.4 is 0 Å². The topological polar surface area (TPSA) is 97.1 Å². The van der Waals surface area contributed by atoms with E-state index >= 15 is 0 Å². The van der Waals surface area contributed by atoms with Crippen molar-refractivity contribution >= 4 is 120 Å². The number of fused-ring (bicyclic) bond motifs is 17. The maximum Gasteiger partial charge on any atom is 0.238 e. The molecule has 0 radical (unpaired) electrons. The summed E-state index contributed by atoms with van der Waals surface area (Å²) in [5.74, 6) is 3.64. The Labute approximate surface area is 606 Å². The molecule has 0 spiro atoms. The van der Waals surface area contributed by atoms with Crippen LogP contribution in [0.3, 0.4) is 0 Å². The van der Waals surface area contributed by atoms with Gasteiger partial charge < -0.3 is 13.7 Å². The van der Waals surface area contributed by atoms with Gasteiger partial charge in [0.15, 0.2) is 29.1 Å². The Balaban J connectivity index is 0.722. The van der Waals surface area contributed by atoms with Crippen molar-refractivity contribution in [2.75, 3.05) is 0 Å². The minimum absolute atomic E-state index is 0.552. The summed E-state index contributed by atoms with van der Waals surface area (Å²) in [5.41, 5.74) is 18.9. The third-order valence-corrected chi connectivity index (χ3v) is 21.5. The Kier molecular flexibility index (Phi) is 13.2. The molecule has 492 valence electrons. The highest BCUT2D eigenvalue weighted by Crippen LogP contribution is 2.48. The summed E-state index contributed by atoms with van der Waals surface area (Å²) in [4.78, 5) is 31.2. The van der Waals surface area contributed by atoms with Crippen LogP contribution in [0.5, 0.6) is 0 Å². The highest BCUT2D eigenvalue weighted by atomic mass is 15.2. The average molecular weight is 1350 g/mol. The maximum atomic E-state index is 5.44. The first-order valence-corrected chi connectivity index (χ1v) is 35.8. The van der Waals surface area contributed by atoms with Gasteiger partial charge in [-0.25, -0.2) is 19.9 Å². The van der Waals surface area contributed by atoms with Gasteiger partial charge in [-0.05, 0) is 124 Å². The lowest BCUT2D eigenvalue weighted by Gasteiger charge is -2.15. The van der Waals surface area contributed by atoms with Crippen LogP contribution in [0.4, 0.5) is 0 Å². The van der Waals surface area contributed by atoms with Crippen molar-refractivity contribution in [2.24, 2.45) is 0 Å². The summed E-state index contributed by atoms with van der Waals surface area (Å²) in [6.07, 6.45) is 0. The predicted molar refractivity (Wildman–Crippen MR) is 436 cm³/mol. The Hall–Kier alpha value is -14.5. The summed E-state index contributed by atoms with van der Waals surface area (Å²) in [7, 11) is 0. The van der Waals surface area contributed by atoms with Crippen molar-refractivity contribution in [3.05, 3.63) is 352 Å². The van der Waals surface area contributed by atoms with Gasteiger partial charge >= 0.3 is 0 Å². The number of benzene rings is 16. The molecule has 6 heterocycles. The smallest absolute Gasteiger partial charge is 0.238 e. The van der Waals surface area contributed by atoms with Gasteiger partial charge in [-0.2, -0.15) is 9.97 Å². The van der Waals surface area contributed by atoms with Crippen molar-refractivity contribution in [1.29, 1.82) is 0 Å². The molecule has 0 atom stereocenters. The number of hydrogen-bond donors (Lipinski definition) is 0. The molecule has 0 aliphatic carbocycles. The van der Waals surface area contributed by atoms with E-state index in [0.29, 0.717) is 35.1 Å². The molecule has 0 fully saturated rings. The van der Waals surface area contributed by atoms with E-state index in [2.05, 4.69) is 291 Å². The van der Waals surface area contributed by atoms with E-state index in [-0.39, 0.29) is 0 Å². The molecular weight excluding hydrogens is 1290 g/mol. The molecule has 106 heavy (non-hydrogen) atoms. The average Bonchev–Trinajstić information content (AvgIpc) is 1.55. The van der Waals surface area contributed by atoms with Crippen LogP contribution in [0, 0.1) is 0 Å². The van der Waals surface area contributed by atoms with Crippen LogP contribution in [-0.4, -0.2) is 48.2 Å². The van der Waals surface area contributed by atoms with Gasteiger partial charge in [0.25, 0.3) is 0 Å². The monoisotopic (exact) mass is 1350 g/mol. The van der Waals surface area contributed by atoms with Crippen LogP contribution in [0.25, 0.3) is 211 Å². The molecule has 0 aliphatic heterocycles. The molecule has 10 nitrogen and oxygen atoms in total. The van der Waals surface area contributed by atoms with E-state index in [4.69, 9.17) is 29.9 Å². The van der Waals surface area contributed by atoms with Crippen molar-refractivity contribution in [1.82, 2.24) is 48.2 Å². The zero-order chi connectivity index (χ0) is 69.5. The molecule has 0 unspecified atom stereocenters. The highest BCUT2D eigenvalue weighted by Gasteiger charge is 2.27. The van der Waals surface area contributed by atoms with Crippen LogP contribution in [0.15, 0.2) is 352 Å². The fourth-order valence-corrected chi connectivity index (χ4v) is 16.8. The molecule has 16 aromatic carbocycles. The second-order valence-corrected chi connectivity index (χ2v) is 27.3. The van der Waals surface area contributed by atoms with Gasteiger partial charge in [0.1, 0.15) is 0 Å². The van der Waals surface area contributed by atoms with Crippen molar-refractivity contribution in [3.8, 4) is 91.1 Å². The fraction of sp³-hybridized carbons (Fsp3) is 0. The summed E-state index contributed by atoms with van der Waals surface area (Å²) in [5, 5.41) is 16.2. The van der Waals surface area contributed by atoms with E-state index in [1.165, 1.54) is 32.3 Å². The summed E-state index contributed by atoms with van der Waals surface area (Å²) < 4.78 is 9.63. The zero-order valence-corrected chi connectivity index (χ0v) is 57.0. The van der Waals surface area contributed by atoms with E-state index < -0.39 is 0 Å². The Bertz CT molecular complexity index is 7310. The first-order valence-electron chi connectivity index (χ1n) is 35.8. The lowest BCUT2D eigenvalue weighted by atomic mass is 9.95. The van der Waals surface area contributed by atoms with Crippen LogP contribution >= 0.6 is 0 Å². The number of para-hydroxylation sites is 3. The van der Waals surface area contributed by atoms with E-state index in [1.54, 1.807) is 0 Å². The molecule has 0 amide bonds. The number of nitrogens with zero attached hydrogens (tertiary/aromatic N) is 10. The third-order valence-electron chi connectivity index (χ3n) is 21.5. The van der Waals surface area contributed by atoms with Crippen molar-refractivity contribution < 1.29 is 0 Å². The lowest BCUT2D eigenvalue weighted by molar-refractivity contribution is 0.954. The second-order valence-electron chi connectivity index (χ2n) is 27.3. The summed E-state index contributed by atoms with van der Waals surface area (Å²) in [6, 6.07) is 126. The molecule has 0 N–H and O–H groups in total. The number of aromatic nitrogens is 10. The molecule has 10 heteroatoms. The SMILES string of the molecule is c1ccc(-c2nc(-c3ccccc3)nc(-c3ccc(-n4c5ccccc5c5c6c7cc(-c8ccc(-n9c%10ccccc%10c%10c%11c%12ccccc%12n(-c%12nc(-c%13ccccc%13)nc(-c%13cccc%14ccccc%13%14)n%12)c%11ccc%109)c9ccccc89)ccc7n(-c7cccc8ccccc78)c6ccc54)cc3)n2)cc1. The highest BCUT2D eigenvalue weighted by molar-refractivity contribution is 6.31. The van der Waals surface area contributed by atoms with Gasteiger partial charge in [-0.1, -0.05) is 261 Å². The lowest BCUT2D eigenvalue weighted by Crippen LogP contribution is -2.06. The van der Waals surface area contributed by atoms with Gasteiger partial charge in [0.05, 0.1) is 55.5 Å². The fourth-order valence-electron chi connectivity index (χ4n) is 16.8. The number of rotatable bonds is 10. The number of hydrogen-bond acceptors (Lipinski definition) is 6. The molecule has 22 rings (SSSR count). The molecule has 0 aliphatic rings. The zero-order valence-electron chi connectivity index (χ0n) is 57.0. The van der Waals surface area contributed by atoms with Crippen molar-refractivity contribution in [3.63, 3.8) is 0 Å². The third kappa shape index (κ3) is 9.11. The Morgan fingerprint density at radius 3 is 1.13 bits per heavy atom. The first kappa shape index (κ1) is 59.2. The van der Waals surface area contributed by atoms with Crippen LogP contribution in [0.1, 0.15) is 0 Å². The molecule has 0 saturated heterocycles. The summed E-state index contributed by atoms with van der Waals surface area (Å²) in [6.45, 7) is 0. The van der Waals surface area contributed by atoms with Gasteiger partial charge in [-0.3, -0.25) is 4.57 Å². The maximum absolute atomic E-state index is 5.44. The molecule has 22 aromatic rings. The Morgan fingerprint density at radius 1 is 0.179 bits per heavy atom. The first-order chi connectivity index (χ1) is 52.6. The van der Waals surface area contributed by atoms with Crippen LogP contribution in [-0.2, 0) is 0 Å². The minimum atomic E-state index is 0.552. The minimum Gasteiger partial charge on any atom is -0.309 e. The molecule has 0 saturated carbocycles. The Morgan fingerprint density at radius 2 is 0.547 bits per heavy atom. The quantitative estimate of drug-likeness (QED) is 0.135. The van der Waals surface area contributed by atoms with E-state index in [1.807, 2.05) is 78.9 Å². The largest absolute Gasteiger partial charge is 0.309 e. The van der Waals surface area contributed by atoms with Crippen molar-refractivity contribution in [2.45, 2.75) is 0 Å². The van der Waals surface area contributed by atoms with E-state index in [9.17, 15) is 0 Å². The summed E-state index contributed by atoms with van der Waals surface area (Å²) >= 11 is 0. The molecular formula is C96H58N10. The van der Waals surface area contributed by atoms with Gasteiger partial charge in [0.2, 0.25) is 5.95 Å². The standard InChI is InChI=1S/C96H58N10/c1-4-26-61(27-5-1)91-97-92(62-28-6-2-7-29-62)99-93(98-91)64-46-49-66(50-47-64)103-78-42-19-16-38-73(78)87-83(103)54-55-85-90(87)76-58-65(48-52-82(76)104(85)77-45-23-33-60-25-11-13-35-69(60)77)68-51-53-81(71-37-15-14-36-70(68)71)105-79-43-20-17-39-74(79)88-84(105)56-57-86-89(88)75-40-18-21-44-80(75)106(86)96-101-94(63-30-8-3-9-31-63)100-95(102-96)72-41-22-32-59-24-10-12-34-67(59)72/h1-58H. The normalized spacial score (nSPS) is 12.0. The van der Waals surface area contributed by atoms with E-state index in [0.717, 1.165) is 143 Å². The molecule has 6 aromatic heterocycles. The molecule has 0 bridgehead atoms. The predicted octanol–water partition coefficient (Wildman–Crippen LogP) is 23.9. The van der Waals surface area contributed by atoms with Gasteiger partial charge in [-0.15, -0.1) is 0 Å². The van der Waals surface area contributed by atoms with Gasteiger partial charge in [0, 0.05) is 87.4 Å². The van der Waals surface area contributed by atoms with Crippen LogP contribution in [0.2, 0.25) is 0 Å². The second kappa shape index (κ2) is 23.5.